The number of rotatable bonds is 2. The number of nitrogens with zero attached hydrogens (tertiary/aromatic N) is 1. The third-order valence-corrected chi connectivity index (χ3v) is 3.97. The van der Waals surface area contributed by atoms with Crippen LogP contribution in [-0.4, -0.2) is 0 Å². The molecule has 1 fully saturated rings. The molecule has 0 amide bonds. The number of halogens is 2. The third kappa shape index (κ3) is 1.97. The number of hydrogen-bond donors (Lipinski definition) is 0. The van der Waals surface area contributed by atoms with Crippen LogP contribution in [0, 0.1) is 16.7 Å². The normalized spacial score (nSPS) is 17.9. The molecule has 0 N–H and O–H groups in total. The van der Waals surface area contributed by atoms with Gasteiger partial charge < -0.3 is 0 Å². The Morgan fingerprint density at radius 1 is 1.33 bits per heavy atom. The van der Waals surface area contributed by atoms with Crippen LogP contribution in [0.25, 0.3) is 0 Å². The molecule has 0 atom stereocenters. The lowest BCUT2D eigenvalue weighted by molar-refractivity contribution is 0.214. The molecule has 0 spiro atoms. The summed E-state index contributed by atoms with van der Waals surface area (Å²) in [6.45, 7) is 0. The van der Waals surface area contributed by atoms with E-state index in [9.17, 15) is 0 Å². The molecule has 1 aromatic carbocycles. The molecular formula is C12H11Cl2N. The summed E-state index contributed by atoms with van der Waals surface area (Å²) in [5, 5.41) is 10.3. The maximum atomic E-state index is 9.13. The molecule has 0 unspecified atom stereocenters. The maximum Gasteiger partial charge on any atom is 0.0693 e. The first-order chi connectivity index (χ1) is 7.17. The molecule has 0 radical (unpaired) electrons. The van der Waals surface area contributed by atoms with Crippen molar-refractivity contribution in [2.24, 2.45) is 5.41 Å². The Morgan fingerprint density at radius 3 is 2.60 bits per heavy atom. The van der Waals surface area contributed by atoms with E-state index in [4.69, 9.17) is 28.5 Å². The Balaban J connectivity index is 2.25. The molecule has 1 nitrogen and oxygen atoms in total. The molecule has 15 heavy (non-hydrogen) atoms. The van der Waals surface area contributed by atoms with Crippen LogP contribution in [0.3, 0.4) is 0 Å². The number of nitriles is 1. The first-order valence-electron chi connectivity index (χ1n) is 5.01. The van der Waals surface area contributed by atoms with Crippen LogP contribution >= 0.6 is 23.2 Å². The smallest absolute Gasteiger partial charge is 0.0693 e. The average Bonchev–Trinajstić information content (AvgIpc) is 2.18. The average molecular weight is 240 g/mol. The molecule has 1 aliphatic carbocycles. The summed E-state index contributed by atoms with van der Waals surface area (Å²) in [7, 11) is 0. The van der Waals surface area contributed by atoms with Crippen molar-refractivity contribution in [3.63, 3.8) is 0 Å². The topological polar surface area (TPSA) is 23.8 Å². The lowest BCUT2D eigenvalue weighted by atomic mass is 9.66. The molecular weight excluding hydrogens is 229 g/mol. The second-order valence-corrected chi connectivity index (χ2v) is 4.92. The lowest BCUT2D eigenvalue weighted by Crippen LogP contribution is -2.29. The second kappa shape index (κ2) is 4.04. The van der Waals surface area contributed by atoms with Crippen molar-refractivity contribution in [2.75, 3.05) is 0 Å². The van der Waals surface area contributed by atoms with Gasteiger partial charge in [-0.15, -0.1) is 0 Å². The van der Waals surface area contributed by atoms with Gasteiger partial charge in [-0.05, 0) is 30.9 Å². The highest BCUT2D eigenvalue weighted by Gasteiger charge is 2.37. The van der Waals surface area contributed by atoms with Crippen LogP contribution in [-0.2, 0) is 6.42 Å². The van der Waals surface area contributed by atoms with Gasteiger partial charge in [0.15, 0.2) is 0 Å². The minimum Gasteiger partial charge on any atom is -0.198 e. The molecule has 1 aliphatic rings. The van der Waals surface area contributed by atoms with Gasteiger partial charge in [0.1, 0.15) is 0 Å². The van der Waals surface area contributed by atoms with E-state index in [1.54, 1.807) is 6.07 Å². The summed E-state index contributed by atoms with van der Waals surface area (Å²) in [6, 6.07) is 8.01. The summed E-state index contributed by atoms with van der Waals surface area (Å²) in [4.78, 5) is 0. The van der Waals surface area contributed by atoms with Gasteiger partial charge in [0, 0.05) is 0 Å². The molecule has 2 rings (SSSR count). The van der Waals surface area contributed by atoms with Gasteiger partial charge in [0.05, 0.1) is 21.5 Å². The Hall–Kier alpha value is -0.710. The summed E-state index contributed by atoms with van der Waals surface area (Å²) < 4.78 is 0. The van der Waals surface area contributed by atoms with Gasteiger partial charge in [-0.1, -0.05) is 41.8 Å². The predicted octanol–water partition coefficient (Wildman–Crippen LogP) is 4.23. The van der Waals surface area contributed by atoms with Gasteiger partial charge in [-0.2, -0.15) is 5.26 Å². The zero-order valence-corrected chi connectivity index (χ0v) is 9.78. The van der Waals surface area contributed by atoms with Gasteiger partial charge in [0.25, 0.3) is 0 Å². The van der Waals surface area contributed by atoms with Crippen LogP contribution < -0.4 is 0 Å². The van der Waals surface area contributed by atoms with Gasteiger partial charge in [-0.25, -0.2) is 0 Å². The third-order valence-electron chi connectivity index (χ3n) is 3.11. The fourth-order valence-corrected chi connectivity index (χ4v) is 2.37. The molecule has 1 aromatic rings. The molecule has 0 aliphatic heterocycles. The zero-order chi connectivity index (χ0) is 10.9. The van der Waals surface area contributed by atoms with Crippen LogP contribution in [0.5, 0.6) is 0 Å². The van der Waals surface area contributed by atoms with Crippen molar-refractivity contribution in [3.05, 3.63) is 33.8 Å². The first-order valence-corrected chi connectivity index (χ1v) is 5.77. The van der Waals surface area contributed by atoms with E-state index in [-0.39, 0.29) is 5.41 Å². The summed E-state index contributed by atoms with van der Waals surface area (Å²) >= 11 is 12.0. The summed E-state index contributed by atoms with van der Waals surface area (Å²) in [5.41, 5.74) is 0.805. The fourth-order valence-electron chi connectivity index (χ4n) is 1.98. The number of benzene rings is 1. The Kier molecular flexibility index (Phi) is 2.91. The Bertz CT molecular complexity index is 416. The van der Waals surface area contributed by atoms with Crippen molar-refractivity contribution < 1.29 is 0 Å². The molecule has 0 aromatic heterocycles. The Labute approximate surface area is 99.6 Å². The molecule has 0 heterocycles. The quantitative estimate of drug-likeness (QED) is 0.758. The Morgan fingerprint density at radius 2 is 2.07 bits per heavy atom. The minimum absolute atomic E-state index is 0.186. The lowest BCUT2D eigenvalue weighted by Gasteiger charge is -2.35. The molecule has 3 heteroatoms. The van der Waals surface area contributed by atoms with Crippen LogP contribution in [0.4, 0.5) is 0 Å². The highest BCUT2D eigenvalue weighted by Crippen LogP contribution is 2.44. The zero-order valence-electron chi connectivity index (χ0n) is 8.26. The standard InChI is InChI=1S/C12H11Cl2N/c13-10-4-1-3-9(11(10)14)7-12(8-15)5-2-6-12/h1,3-4H,2,5-7H2. The minimum atomic E-state index is -0.186. The van der Waals surface area contributed by atoms with E-state index in [0.29, 0.717) is 10.0 Å². The highest BCUT2D eigenvalue weighted by molar-refractivity contribution is 6.42. The SMILES string of the molecule is N#CC1(Cc2cccc(Cl)c2Cl)CCC1. The first kappa shape index (κ1) is 10.8. The van der Waals surface area contributed by atoms with Crippen molar-refractivity contribution in [3.8, 4) is 6.07 Å². The van der Waals surface area contributed by atoms with E-state index in [1.165, 1.54) is 0 Å². The van der Waals surface area contributed by atoms with Crippen molar-refractivity contribution in [1.29, 1.82) is 5.26 Å². The molecule has 0 bridgehead atoms. The van der Waals surface area contributed by atoms with E-state index in [0.717, 1.165) is 31.2 Å². The fraction of sp³-hybridized carbons (Fsp3) is 0.417. The summed E-state index contributed by atoms with van der Waals surface area (Å²) in [5.74, 6) is 0. The van der Waals surface area contributed by atoms with Gasteiger partial charge >= 0.3 is 0 Å². The van der Waals surface area contributed by atoms with E-state index in [1.807, 2.05) is 12.1 Å². The van der Waals surface area contributed by atoms with E-state index < -0.39 is 0 Å². The maximum absolute atomic E-state index is 9.13. The van der Waals surface area contributed by atoms with Crippen molar-refractivity contribution >= 4 is 23.2 Å². The van der Waals surface area contributed by atoms with Crippen molar-refractivity contribution in [2.45, 2.75) is 25.7 Å². The van der Waals surface area contributed by atoms with Gasteiger partial charge in [0.2, 0.25) is 0 Å². The largest absolute Gasteiger partial charge is 0.198 e. The number of hydrogen-bond acceptors (Lipinski definition) is 1. The monoisotopic (exact) mass is 239 g/mol. The van der Waals surface area contributed by atoms with Crippen LogP contribution in [0.1, 0.15) is 24.8 Å². The molecule has 78 valence electrons. The highest BCUT2D eigenvalue weighted by atomic mass is 35.5. The predicted molar refractivity (Wildman–Crippen MR) is 62.1 cm³/mol. The van der Waals surface area contributed by atoms with Gasteiger partial charge in [-0.3, -0.25) is 0 Å². The van der Waals surface area contributed by atoms with Crippen LogP contribution in [0.15, 0.2) is 18.2 Å². The van der Waals surface area contributed by atoms with Crippen molar-refractivity contribution in [1.82, 2.24) is 0 Å². The van der Waals surface area contributed by atoms with E-state index >= 15 is 0 Å². The molecule has 0 saturated heterocycles. The van der Waals surface area contributed by atoms with E-state index in [2.05, 4.69) is 6.07 Å². The molecule has 1 saturated carbocycles. The summed E-state index contributed by atoms with van der Waals surface area (Å²) in [6.07, 6.45) is 3.83. The second-order valence-electron chi connectivity index (χ2n) is 4.14. The van der Waals surface area contributed by atoms with Crippen LogP contribution in [0.2, 0.25) is 10.0 Å².